The number of fused-ring (bicyclic) bond motifs is 1. The van der Waals surface area contributed by atoms with Crippen LogP contribution in [0.25, 0.3) is 11.0 Å². The zero-order valence-electron chi connectivity index (χ0n) is 14.2. The van der Waals surface area contributed by atoms with Crippen LogP contribution in [0.1, 0.15) is 38.7 Å². The van der Waals surface area contributed by atoms with Crippen molar-refractivity contribution >= 4 is 16.9 Å². The molecule has 5 nitrogen and oxygen atoms in total. The van der Waals surface area contributed by atoms with E-state index in [1.165, 1.54) is 12.5 Å². The molecular weight excluding hydrogens is 306 g/mol. The van der Waals surface area contributed by atoms with Crippen molar-refractivity contribution in [3.05, 3.63) is 40.2 Å². The lowest BCUT2D eigenvalue weighted by atomic mass is 10.0. The highest BCUT2D eigenvalue weighted by atomic mass is 16.5. The van der Waals surface area contributed by atoms with Crippen molar-refractivity contribution in [2.75, 3.05) is 13.2 Å². The molecule has 1 aliphatic rings. The first-order valence-corrected chi connectivity index (χ1v) is 8.57. The number of nitrogens with zero attached hydrogens (tertiary/aromatic N) is 1. The van der Waals surface area contributed by atoms with Crippen molar-refractivity contribution in [1.29, 1.82) is 0 Å². The lowest BCUT2D eigenvalue weighted by molar-refractivity contribution is -0.136. The van der Waals surface area contributed by atoms with E-state index in [2.05, 4.69) is 6.92 Å². The van der Waals surface area contributed by atoms with Gasteiger partial charge in [0.1, 0.15) is 11.3 Å². The Balaban J connectivity index is 1.73. The van der Waals surface area contributed by atoms with Gasteiger partial charge in [-0.1, -0.05) is 6.92 Å². The third kappa shape index (κ3) is 3.45. The normalized spacial score (nSPS) is 17.9. The summed E-state index contributed by atoms with van der Waals surface area (Å²) >= 11 is 0. The molecule has 3 rings (SSSR count). The molecule has 1 amide bonds. The fourth-order valence-electron chi connectivity index (χ4n) is 3.29. The number of hydrogen-bond acceptors (Lipinski definition) is 4. The molecule has 5 heteroatoms. The monoisotopic (exact) mass is 329 g/mol. The Labute approximate surface area is 141 Å². The average Bonchev–Trinajstić information content (AvgIpc) is 2.58. The predicted octanol–water partition coefficient (Wildman–Crippen LogP) is 3.14. The molecule has 2 heterocycles. The number of rotatable bonds is 4. The summed E-state index contributed by atoms with van der Waals surface area (Å²) in [6.07, 6.45) is 4.03. The number of piperidine rings is 1. The van der Waals surface area contributed by atoms with Gasteiger partial charge in [0.05, 0.1) is 0 Å². The van der Waals surface area contributed by atoms with E-state index in [0.29, 0.717) is 11.3 Å². The van der Waals surface area contributed by atoms with E-state index in [9.17, 15) is 9.59 Å². The van der Waals surface area contributed by atoms with Gasteiger partial charge >= 0.3 is 5.63 Å². The molecule has 128 valence electrons. The van der Waals surface area contributed by atoms with Gasteiger partial charge in [-0.05, 0) is 50.3 Å². The number of hydrogen-bond donors (Lipinski definition) is 0. The zero-order chi connectivity index (χ0) is 17.1. The SMILES string of the molecule is CCc1cc(=O)oc2cc(OCC(=O)N3CCCCC3C)ccc12. The number of likely N-dealkylation sites (tertiary alicyclic amines) is 1. The topological polar surface area (TPSA) is 59.8 Å². The second-order valence-electron chi connectivity index (χ2n) is 6.32. The molecule has 1 saturated heterocycles. The summed E-state index contributed by atoms with van der Waals surface area (Å²) in [6, 6.07) is 7.17. The summed E-state index contributed by atoms with van der Waals surface area (Å²) in [4.78, 5) is 25.8. The summed E-state index contributed by atoms with van der Waals surface area (Å²) in [5.41, 5.74) is 1.08. The molecule has 1 unspecified atom stereocenters. The van der Waals surface area contributed by atoms with Crippen molar-refractivity contribution in [3.63, 3.8) is 0 Å². The van der Waals surface area contributed by atoms with Crippen LogP contribution in [0.5, 0.6) is 5.75 Å². The van der Waals surface area contributed by atoms with Crippen molar-refractivity contribution in [1.82, 2.24) is 4.90 Å². The van der Waals surface area contributed by atoms with E-state index in [1.807, 2.05) is 24.0 Å². The van der Waals surface area contributed by atoms with Crippen molar-refractivity contribution in [2.45, 2.75) is 45.6 Å². The molecule has 0 N–H and O–H groups in total. The van der Waals surface area contributed by atoms with Crippen LogP contribution in [-0.4, -0.2) is 30.0 Å². The van der Waals surface area contributed by atoms with Crippen LogP contribution in [0, 0.1) is 0 Å². The van der Waals surface area contributed by atoms with E-state index in [0.717, 1.165) is 36.8 Å². The standard InChI is InChI=1S/C19H23NO4/c1-3-14-10-19(22)24-17-11-15(7-8-16(14)17)23-12-18(21)20-9-5-4-6-13(20)2/h7-8,10-11,13H,3-6,9,12H2,1-2H3. The summed E-state index contributed by atoms with van der Waals surface area (Å²) in [7, 11) is 0. The van der Waals surface area contributed by atoms with Crippen LogP contribution >= 0.6 is 0 Å². The molecule has 1 aromatic heterocycles. The second kappa shape index (κ2) is 7.07. The van der Waals surface area contributed by atoms with Crippen molar-refractivity contribution in [3.8, 4) is 5.75 Å². The minimum absolute atomic E-state index is 0.00561. The molecule has 24 heavy (non-hydrogen) atoms. The Bertz CT molecular complexity index is 796. The number of carbonyl (C=O) groups excluding carboxylic acids is 1. The Hall–Kier alpha value is -2.30. The molecule has 1 fully saturated rings. The Kier molecular flexibility index (Phi) is 4.88. The smallest absolute Gasteiger partial charge is 0.336 e. The molecule has 1 aliphatic heterocycles. The summed E-state index contributed by atoms with van der Waals surface area (Å²) in [6.45, 7) is 4.88. The minimum Gasteiger partial charge on any atom is -0.484 e. The third-order valence-electron chi connectivity index (χ3n) is 4.67. The Morgan fingerprint density at radius 2 is 2.17 bits per heavy atom. The zero-order valence-corrected chi connectivity index (χ0v) is 14.2. The van der Waals surface area contributed by atoms with Gasteiger partial charge < -0.3 is 14.1 Å². The summed E-state index contributed by atoms with van der Waals surface area (Å²) in [5.74, 6) is 0.544. The van der Waals surface area contributed by atoms with E-state index in [1.54, 1.807) is 6.07 Å². The summed E-state index contributed by atoms with van der Waals surface area (Å²) < 4.78 is 10.9. The van der Waals surface area contributed by atoms with Gasteiger partial charge in [-0.2, -0.15) is 0 Å². The summed E-state index contributed by atoms with van der Waals surface area (Å²) in [5, 5.41) is 0.903. The van der Waals surface area contributed by atoms with Crippen LogP contribution < -0.4 is 10.4 Å². The van der Waals surface area contributed by atoms with Crippen molar-refractivity contribution < 1.29 is 13.9 Å². The molecule has 1 aromatic carbocycles. The second-order valence-corrected chi connectivity index (χ2v) is 6.32. The molecular formula is C19H23NO4. The van der Waals surface area contributed by atoms with E-state index in [4.69, 9.17) is 9.15 Å². The Morgan fingerprint density at radius 1 is 1.33 bits per heavy atom. The number of benzene rings is 1. The lowest BCUT2D eigenvalue weighted by Gasteiger charge is -2.33. The van der Waals surface area contributed by atoms with Gasteiger partial charge in [0, 0.05) is 30.1 Å². The molecule has 0 saturated carbocycles. The fourth-order valence-corrected chi connectivity index (χ4v) is 3.29. The largest absolute Gasteiger partial charge is 0.484 e. The fraction of sp³-hybridized carbons (Fsp3) is 0.474. The maximum absolute atomic E-state index is 12.3. The highest BCUT2D eigenvalue weighted by Crippen LogP contribution is 2.23. The number of carbonyl (C=O) groups is 1. The van der Waals surface area contributed by atoms with Crippen LogP contribution in [0.15, 0.2) is 33.5 Å². The van der Waals surface area contributed by atoms with Crippen LogP contribution in [0.4, 0.5) is 0 Å². The molecule has 0 radical (unpaired) electrons. The van der Waals surface area contributed by atoms with Gasteiger partial charge in [-0.3, -0.25) is 4.79 Å². The van der Waals surface area contributed by atoms with E-state index < -0.39 is 0 Å². The van der Waals surface area contributed by atoms with Crippen molar-refractivity contribution in [2.24, 2.45) is 0 Å². The molecule has 2 aromatic rings. The first-order valence-electron chi connectivity index (χ1n) is 8.57. The quantitative estimate of drug-likeness (QED) is 0.809. The van der Waals surface area contributed by atoms with E-state index in [-0.39, 0.29) is 24.2 Å². The molecule has 0 bridgehead atoms. The predicted molar refractivity (Wildman–Crippen MR) is 92.4 cm³/mol. The molecule has 1 atom stereocenters. The third-order valence-corrected chi connectivity index (χ3v) is 4.67. The molecule has 0 spiro atoms. The van der Waals surface area contributed by atoms with Crippen LogP contribution in [-0.2, 0) is 11.2 Å². The first kappa shape index (κ1) is 16.6. The average molecular weight is 329 g/mol. The number of ether oxygens (including phenoxy) is 1. The first-order chi connectivity index (χ1) is 11.6. The van der Waals surface area contributed by atoms with Gasteiger partial charge in [0.15, 0.2) is 6.61 Å². The lowest BCUT2D eigenvalue weighted by Crippen LogP contribution is -2.44. The molecule has 0 aliphatic carbocycles. The van der Waals surface area contributed by atoms with Crippen LogP contribution in [0.2, 0.25) is 0 Å². The minimum atomic E-state index is -0.366. The highest BCUT2D eigenvalue weighted by molar-refractivity contribution is 5.82. The highest BCUT2D eigenvalue weighted by Gasteiger charge is 2.23. The van der Waals surface area contributed by atoms with E-state index >= 15 is 0 Å². The van der Waals surface area contributed by atoms with Crippen LogP contribution in [0.3, 0.4) is 0 Å². The number of aryl methyl sites for hydroxylation is 1. The van der Waals surface area contributed by atoms with Gasteiger partial charge in [0.25, 0.3) is 5.91 Å². The maximum atomic E-state index is 12.3. The Morgan fingerprint density at radius 3 is 2.92 bits per heavy atom. The van der Waals surface area contributed by atoms with Gasteiger partial charge in [-0.25, -0.2) is 4.79 Å². The van der Waals surface area contributed by atoms with Gasteiger partial charge in [0.2, 0.25) is 0 Å². The number of amides is 1. The van der Waals surface area contributed by atoms with Gasteiger partial charge in [-0.15, -0.1) is 0 Å². The maximum Gasteiger partial charge on any atom is 0.336 e.